The molecule has 0 aliphatic rings. The molecule has 0 unspecified atom stereocenters. The van der Waals surface area contributed by atoms with Crippen LogP contribution in [-0.4, -0.2) is 19.9 Å². The van der Waals surface area contributed by atoms with Gasteiger partial charge in [-0.15, -0.1) is 0 Å². The Morgan fingerprint density at radius 1 is 1.22 bits per heavy atom. The van der Waals surface area contributed by atoms with E-state index in [1.54, 1.807) is 24.5 Å². The lowest BCUT2D eigenvalue weighted by Gasteiger charge is -2.22. The van der Waals surface area contributed by atoms with E-state index in [1.807, 2.05) is 16.5 Å². The number of benzene rings is 1. The lowest BCUT2D eigenvalue weighted by Crippen LogP contribution is -2.27. The van der Waals surface area contributed by atoms with E-state index in [0.717, 1.165) is 22.7 Å². The molecule has 2 aromatic heterocycles. The summed E-state index contributed by atoms with van der Waals surface area (Å²) in [7, 11) is 0. The van der Waals surface area contributed by atoms with E-state index in [-0.39, 0.29) is 5.54 Å². The first-order chi connectivity index (χ1) is 10.9. The lowest BCUT2D eigenvalue weighted by atomic mass is 10.1. The molecule has 5 nitrogen and oxygen atoms in total. The van der Waals surface area contributed by atoms with Gasteiger partial charge in [-0.2, -0.15) is 5.26 Å². The molecule has 0 aliphatic carbocycles. The second-order valence-corrected chi connectivity index (χ2v) is 6.70. The van der Waals surface area contributed by atoms with Gasteiger partial charge in [0.25, 0.3) is 0 Å². The average molecular weight is 326 g/mol. The number of fused-ring (bicyclic) bond motifs is 1. The zero-order valence-corrected chi connectivity index (χ0v) is 13.9. The molecule has 0 saturated heterocycles. The van der Waals surface area contributed by atoms with Gasteiger partial charge in [-0.3, -0.25) is 4.40 Å². The van der Waals surface area contributed by atoms with Crippen LogP contribution in [0.2, 0.25) is 5.15 Å². The maximum absolute atomic E-state index is 8.95. The Morgan fingerprint density at radius 3 is 2.52 bits per heavy atom. The SMILES string of the molecule is CC(C)(C)Nc1c(-c2ccc(C#N)cc2)nc2cc(Cl)ncn12. The highest BCUT2D eigenvalue weighted by Crippen LogP contribution is 2.31. The van der Waals surface area contributed by atoms with Gasteiger partial charge in [-0.25, -0.2) is 9.97 Å². The highest BCUT2D eigenvalue weighted by molar-refractivity contribution is 6.29. The van der Waals surface area contributed by atoms with Crippen LogP contribution in [-0.2, 0) is 0 Å². The molecule has 0 saturated carbocycles. The molecule has 0 atom stereocenters. The van der Waals surface area contributed by atoms with Crippen molar-refractivity contribution in [3.63, 3.8) is 0 Å². The zero-order chi connectivity index (χ0) is 16.6. The molecule has 0 bridgehead atoms. The first-order valence-electron chi connectivity index (χ1n) is 7.20. The molecule has 3 rings (SSSR count). The maximum atomic E-state index is 8.95. The van der Waals surface area contributed by atoms with Crippen LogP contribution in [0.15, 0.2) is 36.7 Å². The summed E-state index contributed by atoms with van der Waals surface area (Å²) in [4.78, 5) is 8.81. The van der Waals surface area contributed by atoms with Crippen molar-refractivity contribution in [1.29, 1.82) is 5.26 Å². The van der Waals surface area contributed by atoms with Crippen molar-refractivity contribution in [3.8, 4) is 17.3 Å². The Balaban J connectivity index is 2.21. The molecule has 2 heterocycles. The molecular formula is C17H16ClN5. The number of hydrogen-bond donors (Lipinski definition) is 1. The van der Waals surface area contributed by atoms with Gasteiger partial charge < -0.3 is 5.32 Å². The van der Waals surface area contributed by atoms with Gasteiger partial charge in [0.1, 0.15) is 28.6 Å². The summed E-state index contributed by atoms with van der Waals surface area (Å²) in [6.07, 6.45) is 1.66. The quantitative estimate of drug-likeness (QED) is 0.719. The lowest BCUT2D eigenvalue weighted by molar-refractivity contribution is 0.629. The van der Waals surface area contributed by atoms with Crippen LogP contribution in [0.5, 0.6) is 0 Å². The molecule has 1 aromatic carbocycles. The summed E-state index contributed by atoms with van der Waals surface area (Å²) in [5.41, 5.74) is 2.92. The van der Waals surface area contributed by atoms with Gasteiger partial charge in [-0.05, 0) is 32.9 Å². The third-order valence-electron chi connectivity index (χ3n) is 3.26. The number of anilines is 1. The molecule has 0 spiro atoms. The largest absolute Gasteiger partial charge is 0.365 e. The van der Waals surface area contributed by atoms with Crippen LogP contribution < -0.4 is 5.32 Å². The molecule has 0 radical (unpaired) electrons. The number of hydrogen-bond acceptors (Lipinski definition) is 4. The van der Waals surface area contributed by atoms with Crippen LogP contribution in [0.4, 0.5) is 5.82 Å². The van der Waals surface area contributed by atoms with Crippen molar-refractivity contribution >= 4 is 23.1 Å². The van der Waals surface area contributed by atoms with E-state index >= 15 is 0 Å². The number of imidazole rings is 1. The predicted octanol–water partition coefficient (Wildman–Crippen LogP) is 4.13. The first-order valence-corrected chi connectivity index (χ1v) is 7.57. The monoisotopic (exact) mass is 325 g/mol. The summed E-state index contributed by atoms with van der Waals surface area (Å²) in [5, 5.41) is 12.8. The van der Waals surface area contributed by atoms with Crippen LogP contribution >= 0.6 is 11.6 Å². The normalized spacial score (nSPS) is 11.4. The van der Waals surface area contributed by atoms with E-state index in [9.17, 15) is 0 Å². The van der Waals surface area contributed by atoms with E-state index in [4.69, 9.17) is 16.9 Å². The van der Waals surface area contributed by atoms with Crippen molar-refractivity contribution < 1.29 is 0 Å². The number of halogens is 1. The summed E-state index contributed by atoms with van der Waals surface area (Å²) >= 11 is 5.98. The fourth-order valence-electron chi connectivity index (χ4n) is 2.30. The molecule has 0 aliphatic heterocycles. The van der Waals surface area contributed by atoms with Gasteiger partial charge in [0.05, 0.1) is 11.6 Å². The smallest absolute Gasteiger partial charge is 0.143 e. The second-order valence-electron chi connectivity index (χ2n) is 6.31. The van der Waals surface area contributed by atoms with E-state index in [0.29, 0.717) is 10.7 Å². The molecule has 116 valence electrons. The summed E-state index contributed by atoms with van der Waals surface area (Å²) in [5.74, 6) is 0.848. The van der Waals surface area contributed by atoms with Gasteiger partial charge in [0.2, 0.25) is 0 Å². The Bertz CT molecular complexity index is 898. The first kappa shape index (κ1) is 15.3. The van der Waals surface area contributed by atoms with Crippen molar-refractivity contribution in [2.24, 2.45) is 0 Å². The molecule has 23 heavy (non-hydrogen) atoms. The topological polar surface area (TPSA) is 66.0 Å². The molecular weight excluding hydrogens is 310 g/mol. The van der Waals surface area contributed by atoms with Gasteiger partial charge >= 0.3 is 0 Å². The molecule has 0 fully saturated rings. The third kappa shape index (κ3) is 3.13. The van der Waals surface area contributed by atoms with Crippen molar-refractivity contribution in [3.05, 3.63) is 47.4 Å². The number of nitriles is 1. The number of aromatic nitrogens is 3. The molecule has 1 N–H and O–H groups in total. The Labute approximate surface area is 139 Å². The predicted molar refractivity (Wildman–Crippen MR) is 91.5 cm³/mol. The van der Waals surface area contributed by atoms with E-state index < -0.39 is 0 Å². The third-order valence-corrected chi connectivity index (χ3v) is 3.47. The minimum Gasteiger partial charge on any atom is -0.365 e. The minimum absolute atomic E-state index is 0.142. The van der Waals surface area contributed by atoms with Crippen molar-refractivity contribution in [1.82, 2.24) is 14.4 Å². The van der Waals surface area contributed by atoms with Crippen LogP contribution in [0.25, 0.3) is 16.9 Å². The van der Waals surface area contributed by atoms with Gasteiger partial charge in [-0.1, -0.05) is 23.7 Å². The fourth-order valence-corrected chi connectivity index (χ4v) is 2.45. The van der Waals surface area contributed by atoms with Crippen molar-refractivity contribution in [2.75, 3.05) is 5.32 Å². The highest BCUT2D eigenvalue weighted by Gasteiger charge is 2.19. The second kappa shape index (κ2) is 5.56. The average Bonchev–Trinajstić information content (AvgIpc) is 2.83. The number of nitrogens with one attached hydrogen (secondary N) is 1. The minimum atomic E-state index is -0.142. The Hall–Kier alpha value is -2.58. The Morgan fingerprint density at radius 2 is 1.91 bits per heavy atom. The van der Waals surface area contributed by atoms with Crippen molar-refractivity contribution in [2.45, 2.75) is 26.3 Å². The number of nitrogens with zero attached hydrogens (tertiary/aromatic N) is 4. The fraction of sp³-hybridized carbons (Fsp3) is 0.235. The summed E-state index contributed by atoms with van der Waals surface area (Å²) < 4.78 is 1.88. The van der Waals surface area contributed by atoms with E-state index in [1.165, 1.54) is 0 Å². The van der Waals surface area contributed by atoms with E-state index in [2.05, 4.69) is 42.1 Å². The zero-order valence-electron chi connectivity index (χ0n) is 13.1. The van der Waals surface area contributed by atoms with Gasteiger partial charge in [0.15, 0.2) is 0 Å². The molecule has 3 aromatic rings. The number of rotatable bonds is 2. The highest BCUT2D eigenvalue weighted by atomic mass is 35.5. The molecule has 6 heteroatoms. The summed E-state index contributed by atoms with van der Waals surface area (Å²) in [6, 6.07) is 11.2. The van der Waals surface area contributed by atoms with Crippen LogP contribution in [0.1, 0.15) is 26.3 Å². The standard InChI is InChI=1S/C17H16ClN5/c1-17(2,3)22-16-15(12-6-4-11(9-19)5-7-12)21-14-8-13(18)20-10-23(14)16/h4-8,10,22H,1-3H3. The van der Waals surface area contributed by atoms with Crippen LogP contribution in [0.3, 0.4) is 0 Å². The maximum Gasteiger partial charge on any atom is 0.143 e. The molecule has 0 amide bonds. The van der Waals surface area contributed by atoms with Crippen LogP contribution in [0, 0.1) is 11.3 Å². The van der Waals surface area contributed by atoms with Gasteiger partial charge in [0, 0.05) is 17.2 Å². The Kier molecular flexibility index (Phi) is 3.70. The summed E-state index contributed by atoms with van der Waals surface area (Å²) in [6.45, 7) is 6.24.